The van der Waals surface area contributed by atoms with Gasteiger partial charge in [-0.25, -0.2) is 9.79 Å². The molecule has 0 N–H and O–H groups in total. The molecule has 1 aliphatic rings. The fourth-order valence-electron chi connectivity index (χ4n) is 0.652. The normalized spacial score (nSPS) is 24.0. The third-order valence-corrected chi connectivity index (χ3v) is 1.25. The zero-order valence-electron chi connectivity index (χ0n) is 6.05. The number of cyclic esters (lactones) is 1. The molecule has 1 heterocycles. The fourth-order valence-corrected chi connectivity index (χ4v) is 0.652. The first-order valence-corrected chi connectivity index (χ1v) is 3.02. The highest BCUT2D eigenvalue weighted by molar-refractivity contribution is 6.36. The van der Waals surface area contributed by atoms with Gasteiger partial charge in [0, 0.05) is 0 Å². The quantitative estimate of drug-likeness (QED) is 0.400. The highest BCUT2D eigenvalue weighted by atomic mass is 16.6. The molecule has 0 aromatic heterocycles. The summed E-state index contributed by atoms with van der Waals surface area (Å²) in [7, 11) is 0. The molecule has 54 valence electrons. The molecule has 0 radical (unpaired) electrons. The van der Waals surface area contributed by atoms with Crippen LogP contribution in [-0.4, -0.2) is 17.9 Å². The van der Waals surface area contributed by atoms with E-state index in [2.05, 4.69) is 11.6 Å². The summed E-state index contributed by atoms with van der Waals surface area (Å²) in [6, 6.07) is 0. The van der Waals surface area contributed by atoms with Gasteiger partial charge in [-0.1, -0.05) is 6.58 Å². The Kier molecular flexibility index (Phi) is 1.57. The van der Waals surface area contributed by atoms with Crippen molar-refractivity contribution in [3.63, 3.8) is 0 Å². The average Bonchev–Trinajstić information content (AvgIpc) is 2.13. The average molecular weight is 139 g/mol. The van der Waals surface area contributed by atoms with E-state index in [9.17, 15) is 4.79 Å². The topological polar surface area (TPSA) is 38.7 Å². The van der Waals surface area contributed by atoms with Crippen LogP contribution in [0.4, 0.5) is 0 Å². The maximum atomic E-state index is 10.7. The van der Waals surface area contributed by atoms with Crippen molar-refractivity contribution in [1.82, 2.24) is 0 Å². The molecule has 0 spiro atoms. The largest absolute Gasteiger partial charge is 0.431 e. The predicted molar refractivity (Wildman–Crippen MR) is 37.8 cm³/mol. The summed E-state index contributed by atoms with van der Waals surface area (Å²) in [4.78, 5) is 14.6. The molecule has 3 heteroatoms. The van der Waals surface area contributed by atoms with Gasteiger partial charge in [0.25, 0.3) is 0 Å². The van der Waals surface area contributed by atoms with Crippen molar-refractivity contribution < 1.29 is 9.53 Å². The van der Waals surface area contributed by atoms with Crippen LogP contribution >= 0.6 is 0 Å². The van der Waals surface area contributed by atoms with Crippen molar-refractivity contribution in [3.8, 4) is 0 Å². The highest BCUT2D eigenvalue weighted by Crippen LogP contribution is 2.12. The second-order valence-corrected chi connectivity index (χ2v) is 2.32. The maximum absolute atomic E-state index is 10.7. The Morgan fingerprint density at radius 2 is 2.40 bits per heavy atom. The maximum Gasteiger partial charge on any atom is 0.354 e. The van der Waals surface area contributed by atoms with Crippen molar-refractivity contribution in [2.24, 2.45) is 4.99 Å². The lowest BCUT2D eigenvalue weighted by Gasteiger charge is -2.03. The minimum Gasteiger partial charge on any atom is -0.431 e. The number of hydrogen-bond donors (Lipinski definition) is 0. The molecule has 0 bridgehead atoms. The van der Waals surface area contributed by atoms with E-state index in [1.54, 1.807) is 13.8 Å². The molecule has 0 aromatic rings. The molecule has 1 unspecified atom stereocenters. The summed E-state index contributed by atoms with van der Waals surface area (Å²) in [6.45, 7) is 7.03. The molecule has 3 nitrogen and oxygen atoms in total. The van der Waals surface area contributed by atoms with Crippen LogP contribution in [0, 0.1) is 0 Å². The van der Waals surface area contributed by atoms with Gasteiger partial charge in [0.15, 0.2) is 0 Å². The van der Waals surface area contributed by atoms with E-state index >= 15 is 0 Å². The Balaban J connectivity index is 2.74. The second-order valence-electron chi connectivity index (χ2n) is 2.32. The number of ether oxygens (including phenoxy) is 1. The van der Waals surface area contributed by atoms with E-state index in [-0.39, 0.29) is 5.97 Å². The molecule has 0 aromatic carbocycles. The summed E-state index contributed by atoms with van der Waals surface area (Å²) < 4.78 is 4.79. The molecule has 10 heavy (non-hydrogen) atoms. The van der Waals surface area contributed by atoms with Gasteiger partial charge in [-0.15, -0.1) is 0 Å². The summed E-state index contributed by atoms with van der Waals surface area (Å²) in [5.41, 5.74) is 1.18. The van der Waals surface area contributed by atoms with E-state index in [0.717, 1.165) is 5.57 Å². The standard InChI is InChI=1S/C7H9NO2/c1-4(2)6-8-5(3)7(9)10-6/h6H,1H2,2-3H3. The number of hydrogen-bond acceptors (Lipinski definition) is 3. The molecule has 0 saturated carbocycles. The molecule has 0 amide bonds. The van der Waals surface area contributed by atoms with Crippen molar-refractivity contribution in [1.29, 1.82) is 0 Å². The summed E-state index contributed by atoms with van der Waals surface area (Å²) in [6.07, 6.45) is -0.438. The Hall–Kier alpha value is -1.12. The number of carbonyl (C=O) groups is 1. The van der Waals surface area contributed by atoms with Gasteiger partial charge in [0.2, 0.25) is 6.23 Å². The molecule has 0 fully saturated rings. The minimum absolute atomic E-state index is 0.340. The van der Waals surface area contributed by atoms with Crippen LogP contribution in [0.25, 0.3) is 0 Å². The number of nitrogens with zero attached hydrogens (tertiary/aromatic N) is 1. The van der Waals surface area contributed by atoms with Crippen molar-refractivity contribution in [2.75, 3.05) is 0 Å². The van der Waals surface area contributed by atoms with Gasteiger partial charge in [-0.05, 0) is 19.4 Å². The molecule has 1 aliphatic heterocycles. The second kappa shape index (κ2) is 2.25. The lowest BCUT2D eigenvalue weighted by molar-refractivity contribution is -0.136. The number of esters is 1. The first-order valence-electron chi connectivity index (χ1n) is 3.02. The summed E-state index contributed by atoms with van der Waals surface area (Å²) in [5, 5.41) is 0. The van der Waals surface area contributed by atoms with Crippen LogP contribution in [-0.2, 0) is 9.53 Å². The summed E-state index contributed by atoms with van der Waals surface area (Å²) >= 11 is 0. The zero-order valence-corrected chi connectivity index (χ0v) is 6.05. The third-order valence-electron chi connectivity index (χ3n) is 1.25. The van der Waals surface area contributed by atoms with Gasteiger partial charge < -0.3 is 4.74 Å². The van der Waals surface area contributed by atoms with Crippen LogP contribution in [0.2, 0.25) is 0 Å². The Morgan fingerprint density at radius 1 is 1.80 bits per heavy atom. The van der Waals surface area contributed by atoms with E-state index in [4.69, 9.17) is 4.74 Å². The Labute approximate surface area is 59.4 Å². The van der Waals surface area contributed by atoms with E-state index in [0.29, 0.717) is 5.71 Å². The van der Waals surface area contributed by atoms with Gasteiger partial charge >= 0.3 is 5.97 Å². The van der Waals surface area contributed by atoms with Gasteiger partial charge in [-0.3, -0.25) is 0 Å². The van der Waals surface area contributed by atoms with Gasteiger partial charge in [0.05, 0.1) is 0 Å². The SMILES string of the molecule is C=C(C)C1N=C(C)C(=O)O1. The Bertz CT molecular complexity index is 218. The van der Waals surface area contributed by atoms with Gasteiger partial charge in [0.1, 0.15) is 5.71 Å². The lowest BCUT2D eigenvalue weighted by Crippen LogP contribution is -2.10. The Morgan fingerprint density at radius 3 is 2.60 bits per heavy atom. The van der Waals surface area contributed by atoms with Crippen LogP contribution < -0.4 is 0 Å². The van der Waals surface area contributed by atoms with E-state index < -0.39 is 6.23 Å². The zero-order chi connectivity index (χ0) is 7.72. The minimum atomic E-state index is -0.438. The molecular weight excluding hydrogens is 130 g/mol. The first kappa shape index (κ1) is 6.99. The highest BCUT2D eigenvalue weighted by Gasteiger charge is 2.23. The number of aliphatic imine (C=N–C) groups is 1. The monoisotopic (exact) mass is 139 g/mol. The van der Waals surface area contributed by atoms with E-state index in [1.165, 1.54) is 0 Å². The molecule has 1 rings (SSSR count). The molecular formula is C7H9NO2. The third kappa shape index (κ3) is 1.07. The van der Waals surface area contributed by atoms with Crippen molar-refractivity contribution in [2.45, 2.75) is 20.1 Å². The molecule has 0 aliphatic carbocycles. The van der Waals surface area contributed by atoms with Crippen molar-refractivity contribution >= 4 is 11.7 Å². The predicted octanol–water partition coefficient (Wildman–Crippen LogP) is 0.906. The van der Waals surface area contributed by atoms with Crippen molar-refractivity contribution in [3.05, 3.63) is 12.2 Å². The van der Waals surface area contributed by atoms with Crippen LogP contribution in [0.1, 0.15) is 13.8 Å². The molecule has 0 saturated heterocycles. The first-order chi connectivity index (χ1) is 4.61. The van der Waals surface area contributed by atoms with Gasteiger partial charge in [-0.2, -0.15) is 0 Å². The number of rotatable bonds is 1. The van der Waals surface area contributed by atoms with E-state index in [1.807, 2.05) is 0 Å². The molecule has 1 atom stereocenters. The van der Waals surface area contributed by atoms with Crippen LogP contribution in [0.3, 0.4) is 0 Å². The lowest BCUT2D eigenvalue weighted by atomic mass is 10.3. The fraction of sp³-hybridized carbons (Fsp3) is 0.429. The smallest absolute Gasteiger partial charge is 0.354 e. The van der Waals surface area contributed by atoms with Crippen LogP contribution in [0.15, 0.2) is 17.1 Å². The number of carbonyl (C=O) groups excluding carboxylic acids is 1. The summed E-state index contributed by atoms with van der Waals surface area (Å²) in [5.74, 6) is -0.340. The van der Waals surface area contributed by atoms with Crippen LogP contribution in [0.5, 0.6) is 0 Å².